The molecule has 0 spiro atoms. The third-order valence-corrected chi connectivity index (χ3v) is 2.45. The molecule has 2 rings (SSSR count). The normalized spacial score (nSPS) is 11.9. The molecule has 0 saturated heterocycles. The molecule has 0 unspecified atom stereocenters. The monoisotopic (exact) mass is 221 g/mol. The van der Waals surface area contributed by atoms with Crippen molar-refractivity contribution in [3.8, 4) is 0 Å². The molecule has 0 fully saturated rings. The van der Waals surface area contributed by atoms with Crippen LogP contribution in [0.3, 0.4) is 0 Å². The summed E-state index contributed by atoms with van der Waals surface area (Å²) in [6, 6.07) is 0. The van der Waals surface area contributed by atoms with Gasteiger partial charge < -0.3 is 10.1 Å². The second-order valence-electron chi connectivity index (χ2n) is 4.16. The molecule has 0 aromatic carbocycles. The molecule has 86 valence electrons. The van der Waals surface area contributed by atoms with Crippen molar-refractivity contribution in [3.63, 3.8) is 0 Å². The first-order valence-electron chi connectivity index (χ1n) is 5.06. The Kier molecular flexibility index (Phi) is 2.74. The predicted octanol–water partition coefficient (Wildman–Crippen LogP) is 0.961. The number of nitrogens with one attached hydrogen (secondary N) is 1. The highest BCUT2D eigenvalue weighted by atomic mass is 16.5. The molecule has 0 radical (unpaired) electrons. The number of fused-ring (bicyclic) bond motifs is 1. The number of hydrogen-bond donors (Lipinski definition) is 1. The van der Waals surface area contributed by atoms with Gasteiger partial charge in [-0.25, -0.2) is 4.98 Å². The Labute approximate surface area is 93.7 Å². The fraction of sp³-hybridized carbons (Fsp3) is 0.500. The minimum Gasteiger partial charge on any atom is -0.377 e. The van der Waals surface area contributed by atoms with E-state index in [1.165, 1.54) is 0 Å². The fourth-order valence-electron chi connectivity index (χ4n) is 1.25. The number of ether oxygens (including phenoxy) is 1. The van der Waals surface area contributed by atoms with Gasteiger partial charge in [0.2, 0.25) is 5.65 Å². The Morgan fingerprint density at radius 2 is 2.31 bits per heavy atom. The Morgan fingerprint density at radius 1 is 1.50 bits per heavy atom. The van der Waals surface area contributed by atoms with E-state index in [1.54, 1.807) is 19.6 Å². The third-order valence-electron chi connectivity index (χ3n) is 2.45. The van der Waals surface area contributed by atoms with Gasteiger partial charge in [-0.2, -0.15) is 0 Å². The second-order valence-corrected chi connectivity index (χ2v) is 4.16. The van der Waals surface area contributed by atoms with E-state index in [1.807, 2.05) is 24.4 Å². The molecular formula is C10H15N5O. The topological polar surface area (TPSA) is 64.3 Å². The number of anilines is 1. The van der Waals surface area contributed by atoms with Crippen molar-refractivity contribution in [2.45, 2.75) is 19.4 Å². The van der Waals surface area contributed by atoms with Gasteiger partial charge in [0.25, 0.3) is 0 Å². The van der Waals surface area contributed by atoms with Gasteiger partial charge in [-0.3, -0.25) is 4.40 Å². The summed E-state index contributed by atoms with van der Waals surface area (Å²) in [7, 11) is 1.69. The number of aromatic nitrogens is 4. The summed E-state index contributed by atoms with van der Waals surface area (Å²) in [5, 5.41) is 11.0. The first-order chi connectivity index (χ1) is 7.62. The van der Waals surface area contributed by atoms with Crippen molar-refractivity contribution in [3.05, 3.63) is 18.7 Å². The van der Waals surface area contributed by atoms with E-state index in [9.17, 15) is 0 Å². The standard InChI is InChI=1S/C10H15N5O/c1-10(2,16-3)6-12-8-9-14-13-7-15(9)5-4-11-8/h4-5,7H,6H2,1-3H3,(H,11,12). The average molecular weight is 221 g/mol. The molecule has 0 bridgehead atoms. The van der Waals surface area contributed by atoms with Crippen molar-refractivity contribution in [2.75, 3.05) is 19.0 Å². The Hall–Kier alpha value is -1.69. The molecule has 6 nitrogen and oxygen atoms in total. The van der Waals surface area contributed by atoms with E-state index in [4.69, 9.17) is 4.74 Å². The minimum atomic E-state index is -0.242. The molecule has 2 aromatic heterocycles. The van der Waals surface area contributed by atoms with Crippen LogP contribution in [0.25, 0.3) is 5.65 Å². The SMILES string of the molecule is COC(C)(C)CNc1nccn2cnnc12. The lowest BCUT2D eigenvalue weighted by Crippen LogP contribution is -2.32. The van der Waals surface area contributed by atoms with Crippen molar-refractivity contribution < 1.29 is 4.74 Å². The maximum Gasteiger partial charge on any atom is 0.203 e. The maximum absolute atomic E-state index is 5.32. The summed E-state index contributed by atoms with van der Waals surface area (Å²) in [6.07, 6.45) is 5.16. The molecule has 2 aromatic rings. The molecule has 0 aliphatic rings. The summed E-state index contributed by atoms with van der Waals surface area (Å²) in [4.78, 5) is 4.23. The van der Waals surface area contributed by atoms with Gasteiger partial charge in [-0.15, -0.1) is 10.2 Å². The molecule has 1 N–H and O–H groups in total. The zero-order valence-electron chi connectivity index (χ0n) is 9.64. The summed E-state index contributed by atoms with van der Waals surface area (Å²) in [6.45, 7) is 4.66. The maximum atomic E-state index is 5.32. The first-order valence-corrected chi connectivity index (χ1v) is 5.06. The van der Waals surface area contributed by atoms with Crippen molar-refractivity contribution >= 4 is 11.5 Å². The zero-order valence-corrected chi connectivity index (χ0v) is 9.64. The molecule has 0 saturated carbocycles. The van der Waals surface area contributed by atoms with Crippen molar-refractivity contribution in [2.24, 2.45) is 0 Å². The summed E-state index contributed by atoms with van der Waals surface area (Å²) >= 11 is 0. The largest absolute Gasteiger partial charge is 0.377 e. The van der Waals surface area contributed by atoms with E-state index in [-0.39, 0.29) is 5.60 Å². The predicted molar refractivity (Wildman–Crippen MR) is 60.4 cm³/mol. The summed E-state index contributed by atoms with van der Waals surface area (Å²) in [5.41, 5.74) is 0.476. The molecule has 2 heterocycles. The van der Waals surface area contributed by atoms with Crippen molar-refractivity contribution in [1.29, 1.82) is 0 Å². The molecule has 0 amide bonds. The van der Waals surface area contributed by atoms with Crippen LogP contribution in [0.5, 0.6) is 0 Å². The van der Waals surface area contributed by atoms with Crippen LogP contribution in [-0.2, 0) is 4.74 Å². The van der Waals surface area contributed by atoms with Gasteiger partial charge in [0.05, 0.1) is 5.60 Å². The van der Waals surface area contributed by atoms with Crippen LogP contribution in [0.4, 0.5) is 5.82 Å². The molecule has 16 heavy (non-hydrogen) atoms. The minimum absolute atomic E-state index is 0.242. The van der Waals surface area contributed by atoms with Crippen LogP contribution in [0, 0.1) is 0 Å². The van der Waals surface area contributed by atoms with E-state index in [0.717, 1.165) is 5.65 Å². The summed E-state index contributed by atoms with van der Waals surface area (Å²) in [5.74, 6) is 0.713. The fourth-order valence-corrected chi connectivity index (χ4v) is 1.25. The van der Waals surface area contributed by atoms with E-state index in [2.05, 4.69) is 20.5 Å². The highest BCUT2D eigenvalue weighted by Crippen LogP contribution is 2.13. The molecule has 6 heteroatoms. The van der Waals surface area contributed by atoms with Crippen LogP contribution in [0.2, 0.25) is 0 Å². The van der Waals surface area contributed by atoms with Crippen LogP contribution in [-0.4, -0.2) is 38.8 Å². The van der Waals surface area contributed by atoms with Gasteiger partial charge in [0, 0.05) is 26.0 Å². The Balaban J connectivity index is 2.18. The highest BCUT2D eigenvalue weighted by molar-refractivity contribution is 5.61. The molecule has 0 aliphatic carbocycles. The average Bonchev–Trinajstić information content (AvgIpc) is 2.75. The first kappa shape index (κ1) is 10.8. The van der Waals surface area contributed by atoms with Crippen LogP contribution < -0.4 is 5.32 Å². The van der Waals surface area contributed by atoms with Crippen LogP contribution >= 0.6 is 0 Å². The third kappa shape index (κ3) is 2.11. The van der Waals surface area contributed by atoms with Gasteiger partial charge in [0.15, 0.2) is 5.82 Å². The quantitative estimate of drug-likeness (QED) is 0.833. The van der Waals surface area contributed by atoms with Gasteiger partial charge in [0.1, 0.15) is 6.33 Å². The highest BCUT2D eigenvalue weighted by Gasteiger charge is 2.16. The summed E-state index contributed by atoms with van der Waals surface area (Å²) < 4.78 is 7.13. The van der Waals surface area contributed by atoms with Crippen LogP contribution in [0.1, 0.15) is 13.8 Å². The number of hydrogen-bond acceptors (Lipinski definition) is 5. The lowest BCUT2D eigenvalue weighted by atomic mass is 10.1. The smallest absolute Gasteiger partial charge is 0.203 e. The number of methoxy groups -OCH3 is 1. The van der Waals surface area contributed by atoms with E-state index in [0.29, 0.717) is 12.4 Å². The Morgan fingerprint density at radius 3 is 3.06 bits per heavy atom. The lowest BCUT2D eigenvalue weighted by molar-refractivity contribution is 0.0343. The van der Waals surface area contributed by atoms with E-state index >= 15 is 0 Å². The van der Waals surface area contributed by atoms with Gasteiger partial charge in [-0.1, -0.05) is 0 Å². The Bertz CT molecular complexity index is 479. The second kappa shape index (κ2) is 4.05. The van der Waals surface area contributed by atoms with Crippen molar-refractivity contribution in [1.82, 2.24) is 19.6 Å². The molecule has 0 atom stereocenters. The number of nitrogens with zero attached hydrogens (tertiary/aromatic N) is 4. The number of rotatable bonds is 4. The molecular weight excluding hydrogens is 206 g/mol. The van der Waals surface area contributed by atoms with Gasteiger partial charge in [-0.05, 0) is 13.8 Å². The zero-order chi connectivity index (χ0) is 11.6. The molecule has 0 aliphatic heterocycles. The van der Waals surface area contributed by atoms with Gasteiger partial charge >= 0.3 is 0 Å². The van der Waals surface area contributed by atoms with Crippen LogP contribution in [0.15, 0.2) is 18.7 Å². The van der Waals surface area contributed by atoms with E-state index < -0.39 is 0 Å². The lowest BCUT2D eigenvalue weighted by Gasteiger charge is -2.23.